The third-order valence-corrected chi connectivity index (χ3v) is 5.45. The predicted molar refractivity (Wildman–Crippen MR) is 97.2 cm³/mol. The van der Waals surface area contributed by atoms with E-state index in [0.29, 0.717) is 0 Å². The molecular weight excluding hydrogens is 282 g/mol. The zero-order chi connectivity index (χ0) is 15.9. The number of hydrogen-bond acceptors (Lipinski definition) is 2. The van der Waals surface area contributed by atoms with Gasteiger partial charge in [0, 0.05) is 6.54 Å². The number of nitrogens with zero attached hydrogens (tertiary/aromatic N) is 1. The van der Waals surface area contributed by atoms with Crippen LogP contribution in [0.4, 0.5) is 0 Å². The molecule has 2 nitrogen and oxygen atoms in total. The van der Waals surface area contributed by atoms with Crippen molar-refractivity contribution in [2.75, 3.05) is 26.2 Å². The molecule has 1 aromatic rings. The average molecular weight is 316 g/mol. The molecule has 2 aliphatic rings. The molecule has 0 radical (unpaired) electrons. The van der Waals surface area contributed by atoms with E-state index in [4.69, 9.17) is 4.74 Å². The number of unbranched alkanes of at least 4 members (excludes halogenated alkanes) is 1. The normalized spacial score (nSPS) is 19.0. The highest BCUT2D eigenvalue weighted by atomic mass is 16.5. The van der Waals surface area contributed by atoms with Gasteiger partial charge in [-0.25, -0.2) is 0 Å². The van der Waals surface area contributed by atoms with Crippen LogP contribution in [0, 0.1) is 12.8 Å². The maximum absolute atomic E-state index is 6.02. The topological polar surface area (TPSA) is 12.5 Å². The lowest BCUT2D eigenvalue weighted by atomic mass is 10.0. The molecule has 1 aliphatic carbocycles. The van der Waals surface area contributed by atoms with Crippen molar-refractivity contribution in [3.63, 3.8) is 0 Å². The molecule has 0 atom stereocenters. The second-order valence-corrected chi connectivity index (χ2v) is 7.53. The summed E-state index contributed by atoms with van der Waals surface area (Å²) in [5, 5.41) is 0. The van der Waals surface area contributed by atoms with E-state index in [1.807, 2.05) is 0 Å². The van der Waals surface area contributed by atoms with Gasteiger partial charge in [-0.05, 0) is 74.9 Å². The van der Waals surface area contributed by atoms with Gasteiger partial charge in [0.25, 0.3) is 0 Å². The predicted octanol–water partition coefficient (Wildman–Crippen LogP) is 4.98. The van der Waals surface area contributed by atoms with E-state index in [1.165, 1.54) is 82.0 Å². The maximum Gasteiger partial charge on any atom is 0.119 e. The Bertz CT molecular complexity index is 475. The number of likely N-dealkylation sites (tertiary alicyclic amines) is 1. The molecule has 1 aromatic carbocycles. The minimum Gasteiger partial charge on any atom is -0.492 e. The van der Waals surface area contributed by atoms with Gasteiger partial charge < -0.3 is 4.74 Å². The Balaban J connectivity index is 1.40. The Hall–Kier alpha value is -1.02. The fourth-order valence-corrected chi connectivity index (χ4v) is 3.64. The van der Waals surface area contributed by atoms with E-state index in [-0.39, 0.29) is 0 Å². The van der Waals surface area contributed by atoms with Crippen LogP contribution in [0.3, 0.4) is 0 Å². The number of ether oxygens (including phenoxy) is 1. The van der Waals surface area contributed by atoms with Gasteiger partial charge in [-0.15, -0.1) is 0 Å². The molecule has 128 valence electrons. The van der Waals surface area contributed by atoms with Crippen molar-refractivity contribution in [3.8, 4) is 5.75 Å². The molecule has 1 heterocycles. The molecular formula is C21H33NO. The van der Waals surface area contributed by atoms with Crippen molar-refractivity contribution >= 4 is 0 Å². The van der Waals surface area contributed by atoms with Crippen LogP contribution < -0.4 is 4.74 Å². The molecule has 1 saturated carbocycles. The highest BCUT2D eigenvalue weighted by Gasteiger charge is 2.20. The molecule has 23 heavy (non-hydrogen) atoms. The zero-order valence-corrected chi connectivity index (χ0v) is 14.9. The summed E-state index contributed by atoms with van der Waals surface area (Å²) in [4.78, 5) is 2.54. The standard InChI is InChI=1S/C21H33NO/c1-18-9-12-21(23-16-15-22-13-5-2-6-14-22)17-20(18)8-4-3-7-19-10-11-19/h9,12,17,19H,2-8,10-11,13-16H2,1H3. The third-order valence-electron chi connectivity index (χ3n) is 5.45. The van der Waals surface area contributed by atoms with Crippen molar-refractivity contribution in [3.05, 3.63) is 29.3 Å². The lowest BCUT2D eigenvalue weighted by Crippen LogP contribution is -2.33. The summed E-state index contributed by atoms with van der Waals surface area (Å²) in [7, 11) is 0. The lowest BCUT2D eigenvalue weighted by molar-refractivity contribution is 0.183. The van der Waals surface area contributed by atoms with Crippen LogP contribution in [0.15, 0.2) is 18.2 Å². The van der Waals surface area contributed by atoms with E-state index in [0.717, 1.165) is 24.8 Å². The first-order valence-corrected chi connectivity index (χ1v) is 9.76. The highest BCUT2D eigenvalue weighted by molar-refractivity contribution is 5.35. The van der Waals surface area contributed by atoms with Crippen LogP contribution in [0.25, 0.3) is 0 Å². The average Bonchev–Trinajstić information content (AvgIpc) is 3.39. The molecule has 1 aliphatic heterocycles. The van der Waals surface area contributed by atoms with Gasteiger partial charge in [-0.2, -0.15) is 0 Å². The van der Waals surface area contributed by atoms with Gasteiger partial charge in [-0.3, -0.25) is 4.90 Å². The molecule has 2 heteroatoms. The summed E-state index contributed by atoms with van der Waals surface area (Å²) in [6.45, 7) is 6.63. The smallest absolute Gasteiger partial charge is 0.119 e. The quantitative estimate of drug-likeness (QED) is 0.596. The number of benzene rings is 1. The van der Waals surface area contributed by atoms with Crippen LogP contribution in [0.2, 0.25) is 0 Å². The first kappa shape index (κ1) is 16.8. The second kappa shape index (κ2) is 8.73. The Labute approximate surface area is 142 Å². The molecule has 0 bridgehead atoms. The van der Waals surface area contributed by atoms with E-state index in [2.05, 4.69) is 30.0 Å². The Morgan fingerprint density at radius 2 is 1.91 bits per heavy atom. The van der Waals surface area contributed by atoms with Crippen molar-refractivity contribution in [2.45, 2.75) is 64.7 Å². The van der Waals surface area contributed by atoms with Gasteiger partial charge in [0.2, 0.25) is 0 Å². The van der Waals surface area contributed by atoms with Crippen LogP contribution >= 0.6 is 0 Å². The minimum absolute atomic E-state index is 0.824. The SMILES string of the molecule is Cc1ccc(OCCN2CCCCC2)cc1CCCCC1CC1. The molecule has 0 aromatic heterocycles. The van der Waals surface area contributed by atoms with Gasteiger partial charge in [0.05, 0.1) is 0 Å². The van der Waals surface area contributed by atoms with Crippen LogP contribution in [0.5, 0.6) is 5.75 Å². The highest BCUT2D eigenvalue weighted by Crippen LogP contribution is 2.34. The van der Waals surface area contributed by atoms with Crippen molar-refractivity contribution in [2.24, 2.45) is 5.92 Å². The summed E-state index contributed by atoms with van der Waals surface area (Å²) in [5.74, 6) is 2.13. The molecule has 3 rings (SSSR count). The van der Waals surface area contributed by atoms with Gasteiger partial charge in [0.1, 0.15) is 12.4 Å². The Morgan fingerprint density at radius 1 is 1.09 bits per heavy atom. The molecule has 0 amide bonds. The van der Waals surface area contributed by atoms with Gasteiger partial charge in [0.15, 0.2) is 0 Å². The van der Waals surface area contributed by atoms with Crippen LogP contribution in [0.1, 0.15) is 62.5 Å². The van der Waals surface area contributed by atoms with Crippen LogP contribution in [-0.2, 0) is 6.42 Å². The Kier molecular flexibility index (Phi) is 6.38. The number of hydrogen-bond donors (Lipinski definition) is 0. The summed E-state index contributed by atoms with van der Waals surface area (Å²) in [6, 6.07) is 6.65. The fraction of sp³-hybridized carbons (Fsp3) is 0.714. The van der Waals surface area contributed by atoms with Crippen molar-refractivity contribution in [1.29, 1.82) is 0 Å². The molecule has 1 saturated heterocycles. The van der Waals surface area contributed by atoms with E-state index in [1.54, 1.807) is 0 Å². The third kappa shape index (κ3) is 5.84. The monoisotopic (exact) mass is 315 g/mol. The minimum atomic E-state index is 0.824. The summed E-state index contributed by atoms with van der Waals surface area (Å²) < 4.78 is 6.02. The largest absolute Gasteiger partial charge is 0.492 e. The van der Waals surface area contributed by atoms with Crippen molar-refractivity contribution in [1.82, 2.24) is 4.90 Å². The van der Waals surface area contributed by atoms with E-state index >= 15 is 0 Å². The summed E-state index contributed by atoms with van der Waals surface area (Å²) >= 11 is 0. The Morgan fingerprint density at radius 3 is 2.70 bits per heavy atom. The molecule has 0 unspecified atom stereocenters. The van der Waals surface area contributed by atoms with Gasteiger partial charge >= 0.3 is 0 Å². The summed E-state index contributed by atoms with van der Waals surface area (Å²) in [5.41, 5.74) is 2.90. The molecule has 0 spiro atoms. The number of aryl methyl sites for hydroxylation is 2. The first-order valence-electron chi connectivity index (χ1n) is 9.76. The van der Waals surface area contributed by atoms with E-state index < -0.39 is 0 Å². The van der Waals surface area contributed by atoms with E-state index in [9.17, 15) is 0 Å². The van der Waals surface area contributed by atoms with Gasteiger partial charge in [-0.1, -0.05) is 38.2 Å². The number of piperidine rings is 1. The van der Waals surface area contributed by atoms with Crippen molar-refractivity contribution < 1.29 is 4.74 Å². The zero-order valence-electron chi connectivity index (χ0n) is 14.9. The maximum atomic E-state index is 6.02. The summed E-state index contributed by atoms with van der Waals surface area (Å²) in [6.07, 6.45) is 12.5. The lowest BCUT2D eigenvalue weighted by Gasteiger charge is -2.26. The number of rotatable bonds is 9. The first-order chi connectivity index (χ1) is 11.3. The molecule has 2 fully saturated rings. The van der Waals surface area contributed by atoms with Crippen LogP contribution in [-0.4, -0.2) is 31.1 Å². The fourth-order valence-electron chi connectivity index (χ4n) is 3.64. The second-order valence-electron chi connectivity index (χ2n) is 7.53. The molecule has 0 N–H and O–H groups in total.